The molecule has 0 bridgehead atoms. The van der Waals surface area contributed by atoms with E-state index in [0.717, 1.165) is 10.9 Å². The van der Waals surface area contributed by atoms with Crippen molar-refractivity contribution in [2.24, 2.45) is 0 Å². The lowest BCUT2D eigenvalue weighted by Gasteiger charge is -2.12. The Morgan fingerprint density at radius 3 is 2.88 bits per heavy atom. The van der Waals surface area contributed by atoms with Gasteiger partial charge in [-0.2, -0.15) is 0 Å². The molecule has 0 aliphatic carbocycles. The van der Waals surface area contributed by atoms with Crippen LogP contribution in [0.2, 0.25) is 0 Å². The topological polar surface area (TPSA) is 26.3 Å². The van der Waals surface area contributed by atoms with Gasteiger partial charge in [-0.15, -0.1) is 11.3 Å². The monoisotopic (exact) mass is 234 g/mol. The zero-order chi connectivity index (χ0) is 11.5. The molecule has 3 heteroatoms. The lowest BCUT2D eigenvalue weighted by molar-refractivity contribution is -0.128. The number of ether oxygens (including phenoxy) is 1. The van der Waals surface area contributed by atoms with Gasteiger partial charge in [0.2, 0.25) is 0 Å². The highest BCUT2D eigenvalue weighted by atomic mass is 32.1. The van der Waals surface area contributed by atoms with Gasteiger partial charge in [0.25, 0.3) is 0 Å². The number of carbonyl (C=O) groups excluding carboxylic acids is 1. The molecule has 2 rings (SSSR count). The Morgan fingerprint density at radius 1 is 1.44 bits per heavy atom. The molecule has 0 spiro atoms. The van der Waals surface area contributed by atoms with Gasteiger partial charge in [-0.05, 0) is 30.7 Å². The number of carbonyl (C=O) groups is 1. The van der Waals surface area contributed by atoms with E-state index in [-0.39, 0.29) is 5.78 Å². The summed E-state index contributed by atoms with van der Waals surface area (Å²) >= 11 is 1.65. The Bertz CT molecular complexity index is 501. The van der Waals surface area contributed by atoms with Crippen LogP contribution in [0.15, 0.2) is 29.6 Å². The van der Waals surface area contributed by atoms with E-state index in [4.69, 9.17) is 4.74 Å². The first-order valence-electron chi connectivity index (χ1n) is 5.32. The first kappa shape index (κ1) is 11.3. The molecule has 0 amide bonds. The van der Waals surface area contributed by atoms with Crippen molar-refractivity contribution in [3.05, 3.63) is 35.2 Å². The minimum atomic E-state index is -0.416. The number of fused-ring (bicyclic) bond motifs is 1. The van der Waals surface area contributed by atoms with E-state index in [1.165, 1.54) is 4.70 Å². The van der Waals surface area contributed by atoms with Crippen LogP contribution in [0.4, 0.5) is 0 Å². The van der Waals surface area contributed by atoms with E-state index in [2.05, 4.69) is 6.07 Å². The molecule has 1 aromatic heterocycles. The smallest absolute Gasteiger partial charge is 0.163 e. The molecule has 1 heterocycles. The molecular weight excluding hydrogens is 220 g/mol. The first-order valence-corrected chi connectivity index (χ1v) is 6.20. The van der Waals surface area contributed by atoms with Gasteiger partial charge in [0, 0.05) is 16.9 Å². The van der Waals surface area contributed by atoms with Crippen LogP contribution in [0.3, 0.4) is 0 Å². The molecular formula is C13H14O2S. The van der Waals surface area contributed by atoms with Crippen molar-refractivity contribution in [1.82, 2.24) is 0 Å². The van der Waals surface area contributed by atoms with Crippen LogP contribution >= 0.6 is 11.3 Å². The van der Waals surface area contributed by atoms with Crippen molar-refractivity contribution in [3.63, 3.8) is 0 Å². The fraction of sp³-hybridized carbons (Fsp3) is 0.308. The van der Waals surface area contributed by atoms with Crippen LogP contribution < -0.4 is 0 Å². The summed E-state index contributed by atoms with van der Waals surface area (Å²) in [6, 6.07) is 8.09. The molecule has 0 saturated carbocycles. The van der Waals surface area contributed by atoms with E-state index in [1.54, 1.807) is 18.3 Å². The Morgan fingerprint density at radius 2 is 2.19 bits per heavy atom. The Labute approximate surface area is 98.9 Å². The van der Waals surface area contributed by atoms with Gasteiger partial charge in [0.1, 0.15) is 6.10 Å². The highest BCUT2D eigenvalue weighted by Crippen LogP contribution is 2.32. The van der Waals surface area contributed by atoms with Crippen molar-refractivity contribution in [1.29, 1.82) is 0 Å². The zero-order valence-electron chi connectivity index (χ0n) is 9.40. The van der Waals surface area contributed by atoms with Gasteiger partial charge in [-0.3, -0.25) is 4.79 Å². The fourth-order valence-corrected chi connectivity index (χ4v) is 2.77. The van der Waals surface area contributed by atoms with Crippen LogP contribution in [0.1, 0.15) is 25.5 Å². The Hall–Kier alpha value is -1.19. The molecule has 0 fully saturated rings. The number of ketones is 1. The minimum Gasteiger partial charge on any atom is -0.366 e. The summed E-state index contributed by atoms with van der Waals surface area (Å²) in [5.41, 5.74) is 0.995. The number of benzene rings is 1. The highest BCUT2D eigenvalue weighted by Gasteiger charge is 2.20. The summed E-state index contributed by atoms with van der Waals surface area (Å²) in [6.45, 7) is 4.03. The van der Waals surface area contributed by atoms with Gasteiger partial charge >= 0.3 is 0 Å². The van der Waals surface area contributed by atoms with E-state index in [0.29, 0.717) is 6.61 Å². The maximum atomic E-state index is 11.6. The molecule has 0 aliphatic heterocycles. The average molecular weight is 234 g/mol. The highest BCUT2D eigenvalue weighted by molar-refractivity contribution is 7.17. The lowest BCUT2D eigenvalue weighted by atomic mass is 10.1. The molecule has 84 valence electrons. The molecule has 0 aliphatic rings. The van der Waals surface area contributed by atoms with Crippen LogP contribution in [0, 0.1) is 0 Å². The lowest BCUT2D eigenvalue weighted by Crippen LogP contribution is -2.12. The predicted molar refractivity (Wildman–Crippen MR) is 66.9 cm³/mol. The van der Waals surface area contributed by atoms with E-state index in [9.17, 15) is 4.79 Å². The summed E-state index contributed by atoms with van der Waals surface area (Å²) in [7, 11) is 0. The molecule has 0 saturated heterocycles. The van der Waals surface area contributed by atoms with Crippen molar-refractivity contribution < 1.29 is 9.53 Å². The standard InChI is InChI=1S/C13H14O2S/c1-3-15-13(9(2)14)11-8-16-12-7-5-4-6-10(11)12/h4-8,13H,3H2,1-2H3. The molecule has 2 aromatic rings. The third-order valence-electron chi connectivity index (χ3n) is 2.50. The van der Waals surface area contributed by atoms with Crippen LogP contribution in [-0.4, -0.2) is 12.4 Å². The molecule has 1 unspecified atom stereocenters. The Balaban J connectivity index is 2.48. The first-order chi connectivity index (χ1) is 7.74. The summed E-state index contributed by atoms with van der Waals surface area (Å²) in [6.07, 6.45) is -0.416. The zero-order valence-corrected chi connectivity index (χ0v) is 10.2. The van der Waals surface area contributed by atoms with Gasteiger partial charge < -0.3 is 4.74 Å². The van der Waals surface area contributed by atoms with Gasteiger partial charge in [-0.1, -0.05) is 18.2 Å². The third kappa shape index (κ3) is 2.01. The largest absolute Gasteiger partial charge is 0.366 e. The van der Waals surface area contributed by atoms with Crippen molar-refractivity contribution in [2.75, 3.05) is 6.61 Å². The number of hydrogen-bond donors (Lipinski definition) is 0. The number of rotatable bonds is 4. The maximum absolute atomic E-state index is 11.6. The second kappa shape index (κ2) is 4.76. The van der Waals surface area contributed by atoms with E-state index in [1.807, 2.05) is 30.5 Å². The minimum absolute atomic E-state index is 0.0606. The quantitative estimate of drug-likeness (QED) is 0.808. The van der Waals surface area contributed by atoms with Crippen LogP contribution in [0.25, 0.3) is 10.1 Å². The molecule has 1 atom stereocenters. The van der Waals surface area contributed by atoms with Crippen LogP contribution in [0.5, 0.6) is 0 Å². The molecule has 16 heavy (non-hydrogen) atoms. The summed E-state index contributed by atoms with van der Waals surface area (Å²) in [4.78, 5) is 11.6. The van der Waals surface area contributed by atoms with Crippen molar-refractivity contribution >= 4 is 27.2 Å². The summed E-state index contributed by atoms with van der Waals surface area (Å²) in [5, 5.41) is 3.15. The fourth-order valence-electron chi connectivity index (χ4n) is 1.79. The van der Waals surface area contributed by atoms with Crippen molar-refractivity contribution in [2.45, 2.75) is 20.0 Å². The summed E-state index contributed by atoms with van der Waals surface area (Å²) in [5.74, 6) is 0.0606. The second-order valence-corrected chi connectivity index (χ2v) is 4.54. The normalized spacial score (nSPS) is 12.9. The SMILES string of the molecule is CCOC(C(C)=O)c1csc2ccccc12. The Kier molecular flexibility index (Phi) is 3.36. The molecule has 0 radical (unpaired) electrons. The number of thiophene rings is 1. The van der Waals surface area contributed by atoms with E-state index >= 15 is 0 Å². The average Bonchev–Trinajstić information content (AvgIpc) is 2.69. The van der Waals surface area contributed by atoms with E-state index < -0.39 is 6.10 Å². The summed E-state index contributed by atoms with van der Waals surface area (Å²) < 4.78 is 6.71. The number of Topliss-reactive ketones (excluding diaryl/α,β-unsaturated/α-hetero) is 1. The molecule has 1 aromatic carbocycles. The predicted octanol–water partition coefficient (Wildman–Crippen LogP) is 3.57. The van der Waals surface area contributed by atoms with Gasteiger partial charge in [-0.25, -0.2) is 0 Å². The van der Waals surface area contributed by atoms with Crippen LogP contribution in [-0.2, 0) is 9.53 Å². The van der Waals surface area contributed by atoms with Gasteiger partial charge in [0.15, 0.2) is 5.78 Å². The second-order valence-electron chi connectivity index (χ2n) is 3.63. The maximum Gasteiger partial charge on any atom is 0.163 e. The molecule has 0 N–H and O–H groups in total. The molecule has 2 nitrogen and oxygen atoms in total. The third-order valence-corrected chi connectivity index (χ3v) is 3.48. The van der Waals surface area contributed by atoms with Crippen molar-refractivity contribution in [3.8, 4) is 0 Å². The van der Waals surface area contributed by atoms with Gasteiger partial charge in [0.05, 0.1) is 0 Å². The number of hydrogen-bond acceptors (Lipinski definition) is 3.